The molecule has 1 N–H and O–H groups in total. The summed E-state index contributed by atoms with van der Waals surface area (Å²) >= 11 is 1.59. The molecule has 0 bridgehead atoms. The van der Waals surface area contributed by atoms with Gasteiger partial charge in [0.15, 0.2) is 11.6 Å². The van der Waals surface area contributed by atoms with E-state index >= 15 is 0 Å². The molecule has 0 fully saturated rings. The van der Waals surface area contributed by atoms with Crippen molar-refractivity contribution in [2.24, 2.45) is 0 Å². The number of aromatic nitrogens is 3. The standard InChI is InChI=1S/C14H13FN4S/c1-7-8(2)20-14-11(7)13(16-3)18-12(19-14)9-4-5-17-6-10(9)15/h4-6H,1-3H3,(H,16,18,19). The lowest BCUT2D eigenvalue weighted by atomic mass is 10.2. The molecule has 0 atom stereocenters. The number of aryl methyl sites for hydroxylation is 2. The van der Waals surface area contributed by atoms with Crippen molar-refractivity contribution in [1.82, 2.24) is 15.0 Å². The summed E-state index contributed by atoms with van der Waals surface area (Å²) in [6.45, 7) is 4.10. The highest BCUT2D eigenvalue weighted by Crippen LogP contribution is 2.34. The van der Waals surface area contributed by atoms with Crippen molar-refractivity contribution in [3.63, 3.8) is 0 Å². The average Bonchev–Trinajstić information content (AvgIpc) is 2.73. The Hall–Kier alpha value is -2.08. The van der Waals surface area contributed by atoms with Crippen LogP contribution in [0.15, 0.2) is 18.5 Å². The second-order valence-electron chi connectivity index (χ2n) is 4.46. The van der Waals surface area contributed by atoms with Crippen LogP contribution in [0.5, 0.6) is 0 Å². The van der Waals surface area contributed by atoms with Gasteiger partial charge in [0.1, 0.15) is 10.6 Å². The Morgan fingerprint density at radius 3 is 2.75 bits per heavy atom. The molecule has 4 nitrogen and oxygen atoms in total. The lowest BCUT2D eigenvalue weighted by molar-refractivity contribution is 0.624. The molecule has 3 aromatic heterocycles. The smallest absolute Gasteiger partial charge is 0.166 e. The maximum atomic E-state index is 13.8. The Morgan fingerprint density at radius 2 is 2.05 bits per heavy atom. The van der Waals surface area contributed by atoms with E-state index in [2.05, 4.69) is 20.3 Å². The van der Waals surface area contributed by atoms with Crippen LogP contribution >= 0.6 is 11.3 Å². The van der Waals surface area contributed by atoms with Gasteiger partial charge in [-0.25, -0.2) is 14.4 Å². The number of hydrogen-bond donors (Lipinski definition) is 1. The molecule has 0 saturated carbocycles. The minimum atomic E-state index is -0.418. The number of rotatable bonds is 2. The predicted octanol–water partition coefficient (Wildman–Crippen LogP) is 3.55. The summed E-state index contributed by atoms with van der Waals surface area (Å²) in [5.74, 6) is 0.685. The molecule has 102 valence electrons. The Balaban J connectivity index is 2.32. The van der Waals surface area contributed by atoms with Crippen molar-refractivity contribution in [2.45, 2.75) is 13.8 Å². The number of pyridine rings is 1. The van der Waals surface area contributed by atoms with Crippen LogP contribution in [0.4, 0.5) is 10.2 Å². The number of thiophene rings is 1. The van der Waals surface area contributed by atoms with Crippen LogP contribution in [0.3, 0.4) is 0 Å². The average molecular weight is 288 g/mol. The summed E-state index contributed by atoms with van der Waals surface area (Å²) in [5, 5.41) is 4.08. The van der Waals surface area contributed by atoms with Gasteiger partial charge < -0.3 is 5.32 Å². The molecule has 0 radical (unpaired) electrons. The molecule has 0 aliphatic carbocycles. The van der Waals surface area contributed by atoms with Gasteiger partial charge in [-0.2, -0.15) is 0 Å². The molecule has 0 unspecified atom stereocenters. The van der Waals surface area contributed by atoms with E-state index in [1.165, 1.54) is 17.3 Å². The zero-order chi connectivity index (χ0) is 14.3. The van der Waals surface area contributed by atoms with Crippen molar-refractivity contribution >= 4 is 27.4 Å². The SMILES string of the molecule is CNc1nc(-c2ccncc2F)nc2sc(C)c(C)c12. The zero-order valence-electron chi connectivity index (χ0n) is 11.4. The van der Waals surface area contributed by atoms with Gasteiger partial charge in [0.25, 0.3) is 0 Å². The molecule has 0 spiro atoms. The van der Waals surface area contributed by atoms with Gasteiger partial charge in [-0.3, -0.25) is 4.98 Å². The molecule has 0 amide bonds. The fourth-order valence-corrected chi connectivity index (χ4v) is 3.14. The number of hydrogen-bond acceptors (Lipinski definition) is 5. The highest BCUT2D eigenvalue weighted by atomic mass is 32.1. The molecule has 0 saturated heterocycles. The monoisotopic (exact) mass is 288 g/mol. The minimum absolute atomic E-state index is 0.363. The Morgan fingerprint density at radius 1 is 1.25 bits per heavy atom. The third-order valence-corrected chi connectivity index (χ3v) is 4.38. The Kier molecular flexibility index (Phi) is 3.10. The molecule has 0 aromatic carbocycles. The van der Waals surface area contributed by atoms with Crippen LogP contribution < -0.4 is 5.32 Å². The number of nitrogens with zero attached hydrogens (tertiary/aromatic N) is 3. The van der Waals surface area contributed by atoms with Gasteiger partial charge >= 0.3 is 0 Å². The molecule has 3 rings (SSSR count). The van der Waals surface area contributed by atoms with E-state index < -0.39 is 5.82 Å². The van der Waals surface area contributed by atoms with E-state index in [4.69, 9.17) is 0 Å². The number of halogens is 1. The molecule has 0 aliphatic rings. The topological polar surface area (TPSA) is 50.7 Å². The largest absolute Gasteiger partial charge is 0.372 e. The van der Waals surface area contributed by atoms with Crippen LogP contribution in [0, 0.1) is 19.7 Å². The summed E-state index contributed by atoms with van der Waals surface area (Å²) < 4.78 is 13.8. The van der Waals surface area contributed by atoms with Gasteiger partial charge in [0.05, 0.1) is 17.1 Å². The van der Waals surface area contributed by atoms with Crippen LogP contribution in [0.25, 0.3) is 21.6 Å². The maximum Gasteiger partial charge on any atom is 0.166 e. The molecule has 6 heteroatoms. The third kappa shape index (κ3) is 1.92. The van der Waals surface area contributed by atoms with Crippen molar-refractivity contribution in [2.75, 3.05) is 12.4 Å². The van der Waals surface area contributed by atoms with Crippen molar-refractivity contribution in [1.29, 1.82) is 0 Å². The zero-order valence-corrected chi connectivity index (χ0v) is 12.2. The lowest BCUT2D eigenvalue weighted by Gasteiger charge is -2.06. The molecule has 3 aromatic rings. The number of anilines is 1. The quantitative estimate of drug-likeness (QED) is 0.783. The van der Waals surface area contributed by atoms with Gasteiger partial charge in [0.2, 0.25) is 0 Å². The number of fused-ring (bicyclic) bond motifs is 1. The van der Waals surface area contributed by atoms with E-state index in [0.29, 0.717) is 11.4 Å². The van der Waals surface area contributed by atoms with E-state index in [1.807, 2.05) is 13.8 Å². The van der Waals surface area contributed by atoms with Crippen LogP contribution in [-0.4, -0.2) is 22.0 Å². The third-order valence-electron chi connectivity index (χ3n) is 3.28. The summed E-state index contributed by atoms with van der Waals surface area (Å²) in [7, 11) is 1.81. The first kappa shape index (κ1) is 12.9. The second kappa shape index (κ2) is 4.79. The molecular formula is C14H13FN4S. The molecule has 3 heterocycles. The van der Waals surface area contributed by atoms with E-state index in [9.17, 15) is 4.39 Å². The minimum Gasteiger partial charge on any atom is -0.372 e. The fraction of sp³-hybridized carbons (Fsp3) is 0.214. The van der Waals surface area contributed by atoms with E-state index in [-0.39, 0.29) is 0 Å². The molecular weight excluding hydrogens is 275 g/mol. The van der Waals surface area contributed by atoms with E-state index in [1.54, 1.807) is 24.5 Å². The number of nitrogens with one attached hydrogen (secondary N) is 1. The highest BCUT2D eigenvalue weighted by Gasteiger charge is 2.16. The predicted molar refractivity (Wildman–Crippen MR) is 79.6 cm³/mol. The molecule has 0 aliphatic heterocycles. The van der Waals surface area contributed by atoms with E-state index in [0.717, 1.165) is 21.6 Å². The first-order chi connectivity index (χ1) is 9.61. The van der Waals surface area contributed by atoms with Gasteiger partial charge in [-0.05, 0) is 25.5 Å². The van der Waals surface area contributed by atoms with Crippen molar-refractivity contribution < 1.29 is 4.39 Å². The normalized spacial score (nSPS) is 11.0. The summed E-state index contributed by atoms with van der Waals surface area (Å²) in [6.07, 6.45) is 2.71. The second-order valence-corrected chi connectivity index (χ2v) is 5.67. The molecule has 20 heavy (non-hydrogen) atoms. The van der Waals surface area contributed by atoms with Crippen LogP contribution in [0.1, 0.15) is 10.4 Å². The van der Waals surface area contributed by atoms with Crippen molar-refractivity contribution in [3.05, 3.63) is 34.7 Å². The fourth-order valence-electron chi connectivity index (χ4n) is 2.11. The van der Waals surface area contributed by atoms with Gasteiger partial charge in [0, 0.05) is 18.1 Å². The lowest BCUT2D eigenvalue weighted by Crippen LogP contribution is -1.99. The summed E-state index contributed by atoms with van der Waals surface area (Å²) in [6, 6.07) is 1.59. The highest BCUT2D eigenvalue weighted by molar-refractivity contribution is 7.18. The summed E-state index contributed by atoms with van der Waals surface area (Å²) in [4.78, 5) is 14.7. The first-order valence-electron chi connectivity index (χ1n) is 6.17. The van der Waals surface area contributed by atoms with Crippen LogP contribution in [-0.2, 0) is 0 Å². The van der Waals surface area contributed by atoms with Crippen molar-refractivity contribution in [3.8, 4) is 11.4 Å². The Labute approximate surface area is 119 Å². The first-order valence-corrected chi connectivity index (χ1v) is 6.99. The maximum absolute atomic E-state index is 13.8. The Bertz CT molecular complexity index is 797. The van der Waals surface area contributed by atoms with Crippen LogP contribution in [0.2, 0.25) is 0 Å². The van der Waals surface area contributed by atoms with Gasteiger partial charge in [-0.15, -0.1) is 11.3 Å². The van der Waals surface area contributed by atoms with Gasteiger partial charge in [-0.1, -0.05) is 0 Å². The summed E-state index contributed by atoms with van der Waals surface area (Å²) in [5.41, 5.74) is 1.53.